The van der Waals surface area contributed by atoms with Gasteiger partial charge in [0, 0.05) is 5.56 Å². The predicted molar refractivity (Wildman–Crippen MR) is 96.1 cm³/mol. The third-order valence-electron chi connectivity index (χ3n) is 3.68. The standard InChI is InChI=1S/C19H15FN2O3S/c20-17-12-6-4-11-16(17)19(23)21-22-26(24,25)18-13-7-5-10-15(18)14-8-2-1-3-9-14/h1-13,22H,(H,21,23). The number of amides is 1. The Morgan fingerprint density at radius 1 is 0.808 bits per heavy atom. The van der Waals surface area contributed by atoms with Gasteiger partial charge in [-0.3, -0.25) is 10.2 Å². The van der Waals surface area contributed by atoms with Crippen LogP contribution in [0.5, 0.6) is 0 Å². The number of carbonyl (C=O) groups excluding carboxylic acids is 1. The maximum Gasteiger partial charge on any atom is 0.269 e. The number of sulfonamides is 1. The van der Waals surface area contributed by atoms with E-state index < -0.39 is 21.7 Å². The van der Waals surface area contributed by atoms with Crippen molar-refractivity contribution in [3.63, 3.8) is 0 Å². The van der Waals surface area contributed by atoms with Crippen LogP contribution >= 0.6 is 0 Å². The molecule has 0 atom stereocenters. The van der Waals surface area contributed by atoms with Crippen molar-refractivity contribution >= 4 is 15.9 Å². The first-order valence-corrected chi connectivity index (χ1v) is 9.18. The molecule has 2 N–H and O–H groups in total. The number of benzene rings is 3. The van der Waals surface area contributed by atoms with Crippen LogP contribution in [-0.2, 0) is 10.0 Å². The number of hydrazine groups is 1. The second kappa shape index (κ2) is 7.47. The summed E-state index contributed by atoms with van der Waals surface area (Å²) in [6.45, 7) is 0. The second-order valence-corrected chi connectivity index (χ2v) is 7.05. The number of hydrogen-bond donors (Lipinski definition) is 2. The molecular weight excluding hydrogens is 355 g/mol. The van der Waals surface area contributed by atoms with E-state index in [1.54, 1.807) is 42.5 Å². The van der Waals surface area contributed by atoms with Crippen molar-refractivity contribution in [3.8, 4) is 11.1 Å². The summed E-state index contributed by atoms with van der Waals surface area (Å²) in [7, 11) is -4.06. The Morgan fingerprint density at radius 3 is 2.15 bits per heavy atom. The first-order chi connectivity index (χ1) is 12.5. The molecule has 3 rings (SSSR count). The Hall–Kier alpha value is -3.03. The summed E-state index contributed by atoms with van der Waals surface area (Å²) >= 11 is 0. The second-order valence-electron chi connectivity index (χ2n) is 5.40. The molecule has 1 amide bonds. The van der Waals surface area contributed by atoms with E-state index in [0.29, 0.717) is 11.1 Å². The molecule has 0 bridgehead atoms. The smallest absolute Gasteiger partial charge is 0.269 e. The number of halogens is 1. The van der Waals surface area contributed by atoms with E-state index in [0.717, 1.165) is 6.07 Å². The van der Waals surface area contributed by atoms with Crippen LogP contribution in [0.15, 0.2) is 83.8 Å². The van der Waals surface area contributed by atoms with Crippen molar-refractivity contribution < 1.29 is 17.6 Å². The largest absolute Gasteiger partial charge is 0.273 e. The lowest BCUT2D eigenvalue weighted by Gasteiger charge is -2.12. The Labute approximate surface area is 150 Å². The molecule has 0 aliphatic heterocycles. The molecule has 26 heavy (non-hydrogen) atoms. The SMILES string of the molecule is O=C(NNS(=O)(=O)c1ccccc1-c1ccccc1)c1ccccc1F. The average Bonchev–Trinajstić information content (AvgIpc) is 2.67. The van der Waals surface area contributed by atoms with Gasteiger partial charge in [-0.2, -0.15) is 0 Å². The highest BCUT2D eigenvalue weighted by atomic mass is 32.2. The van der Waals surface area contributed by atoms with Crippen molar-refractivity contribution in [3.05, 3.63) is 90.2 Å². The minimum Gasteiger partial charge on any atom is -0.273 e. The molecule has 7 heteroatoms. The van der Waals surface area contributed by atoms with E-state index in [1.807, 2.05) is 16.3 Å². The number of nitrogens with one attached hydrogen (secondary N) is 2. The summed E-state index contributed by atoms with van der Waals surface area (Å²) in [6.07, 6.45) is 0. The van der Waals surface area contributed by atoms with Gasteiger partial charge in [0.25, 0.3) is 15.9 Å². The quantitative estimate of drug-likeness (QED) is 0.678. The number of rotatable bonds is 5. The van der Waals surface area contributed by atoms with Crippen LogP contribution < -0.4 is 10.3 Å². The average molecular weight is 370 g/mol. The molecule has 5 nitrogen and oxygen atoms in total. The predicted octanol–water partition coefficient (Wildman–Crippen LogP) is 3.12. The first-order valence-electron chi connectivity index (χ1n) is 7.70. The molecule has 0 aromatic heterocycles. The van der Waals surface area contributed by atoms with Crippen LogP contribution in [0.3, 0.4) is 0 Å². The summed E-state index contributed by atoms with van der Waals surface area (Å²) in [6, 6.07) is 20.7. The lowest BCUT2D eigenvalue weighted by atomic mass is 10.1. The topological polar surface area (TPSA) is 75.3 Å². The van der Waals surface area contributed by atoms with Gasteiger partial charge in [0.1, 0.15) is 5.82 Å². The van der Waals surface area contributed by atoms with Crippen LogP contribution in [0.4, 0.5) is 4.39 Å². The third kappa shape index (κ3) is 3.79. The van der Waals surface area contributed by atoms with Gasteiger partial charge in [-0.05, 0) is 23.8 Å². The molecule has 132 valence electrons. The van der Waals surface area contributed by atoms with Crippen molar-refractivity contribution in [2.24, 2.45) is 0 Å². The van der Waals surface area contributed by atoms with Crippen molar-refractivity contribution in [1.82, 2.24) is 10.3 Å². The fourth-order valence-corrected chi connectivity index (χ4v) is 3.51. The highest BCUT2D eigenvalue weighted by molar-refractivity contribution is 7.89. The normalized spacial score (nSPS) is 11.1. The summed E-state index contributed by atoms with van der Waals surface area (Å²) in [5.41, 5.74) is 2.99. The molecule has 0 saturated heterocycles. The van der Waals surface area contributed by atoms with E-state index in [-0.39, 0.29) is 10.5 Å². The Kier molecular flexibility index (Phi) is 5.11. The Balaban J connectivity index is 1.86. The summed E-state index contributed by atoms with van der Waals surface area (Å²) in [4.78, 5) is 14.0. The maximum atomic E-state index is 13.6. The molecule has 0 heterocycles. The van der Waals surface area contributed by atoms with Crippen LogP contribution in [0.2, 0.25) is 0 Å². The molecule has 0 fully saturated rings. The van der Waals surface area contributed by atoms with E-state index in [4.69, 9.17) is 0 Å². The summed E-state index contributed by atoms with van der Waals surface area (Å²) < 4.78 is 38.9. The van der Waals surface area contributed by atoms with E-state index in [1.165, 1.54) is 24.3 Å². The van der Waals surface area contributed by atoms with Gasteiger partial charge in [-0.25, -0.2) is 12.8 Å². The zero-order chi connectivity index (χ0) is 18.6. The molecule has 0 radical (unpaired) electrons. The molecule has 0 saturated carbocycles. The van der Waals surface area contributed by atoms with Crippen LogP contribution in [0.25, 0.3) is 11.1 Å². The molecular formula is C19H15FN2O3S. The van der Waals surface area contributed by atoms with E-state index in [2.05, 4.69) is 0 Å². The fraction of sp³-hybridized carbons (Fsp3) is 0. The van der Waals surface area contributed by atoms with Gasteiger partial charge in [-0.1, -0.05) is 60.7 Å². The van der Waals surface area contributed by atoms with Gasteiger partial charge in [0.2, 0.25) is 0 Å². The third-order valence-corrected chi connectivity index (χ3v) is 4.98. The molecule has 3 aromatic carbocycles. The zero-order valence-corrected chi connectivity index (χ0v) is 14.3. The maximum absolute atomic E-state index is 13.6. The Bertz CT molecular complexity index is 1040. The Morgan fingerprint density at radius 2 is 1.42 bits per heavy atom. The van der Waals surface area contributed by atoms with Crippen LogP contribution in [-0.4, -0.2) is 14.3 Å². The minimum absolute atomic E-state index is 0.0000311. The summed E-state index contributed by atoms with van der Waals surface area (Å²) in [5.74, 6) is -1.63. The molecule has 0 aliphatic carbocycles. The molecule has 0 unspecified atom stereocenters. The summed E-state index contributed by atoms with van der Waals surface area (Å²) in [5, 5.41) is 0. The molecule has 0 aliphatic rings. The van der Waals surface area contributed by atoms with Gasteiger partial charge in [0.05, 0.1) is 10.5 Å². The van der Waals surface area contributed by atoms with E-state index in [9.17, 15) is 17.6 Å². The van der Waals surface area contributed by atoms with Crippen LogP contribution in [0.1, 0.15) is 10.4 Å². The van der Waals surface area contributed by atoms with Crippen molar-refractivity contribution in [1.29, 1.82) is 0 Å². The minimum atomic E-state index is -4.06. The molecule has 0 spiro atoms. The first kappa shape index (κ1) is 17.8. The van der Waals surface area contributed by atoms with Gasteiger partial charge >= 0.3 is 0 Å². The van der Waals surface area contributed by atoms with Gasteiger partial charge < -0.3 is 0 Å². The monoisotopic (exact) mass is 370 g/mol. The molecule has 3 aromatic rings. The lowest BCUT2D eigenvalue weighted by molar-refractivity contribution is 0.0941. The van der Waals surface area contributed by atoms with Gasteiger partial charge in [0.15, 0.2) is 0 Å². The lowest BCUT2D eigenvalue weighted by Crippen LogP contribution is -2.42. The van der Waals surface area contributed by atoms with Crippen LogP contribution in [0, 0.1) is 5.82 Å². The van der Waals surface area contributed by atoms with E-state index >= 15 is 0 Å². The number of carbonyl (C=O) groups is 1. The van der Waals surface area contributed by atoms with Crippen molar-refractivity contribution in [2.45, 2.75) is 4.90 Å². The highest BCUT2D eigenvalue weighted by Gasteiger charge is 2.20. The zero-order valence-electron chi connectivity index (χ0n) is 13.5. The van der Waals surface area contributed by atoms with Crippen molar-refractivity contribution in [2.75, 3.05) is 0 Å². The van der Waals surface area contributed by atoms with Gasteiger partial charge in [-0.15, -0.1) is 4.83 Å². The fourth-order valence-electron chi connectivity index (χ4n) is 2.44. The number of hydrogen-bond acceptors (Lipinski definition) is 3. The highest BCUT2D eigenvalue weighted by Crippen LogP contribution is 2.26.